The molecule has 0 saturated carbocycles. The maximum absolute atomic E-state index is 11.9. The Labute approximate surface area is 160 Å². The molecule has 152 valence electrons. The van der Waals surface area contributed by atoms with Crippen LogP contribution in [-0.4, -0.2) is 67.7 Å². The van der Waals surface area contributed by atoms with Gasteiger partial charge < -0.3 is 16.0 Å². The van der Waals surface area contributed by atoms with Crippen molar-refractivity contribution in [2.45, 2.75) is 45.7 Å². The molecular formula is C17H30N6O3S. The van der Waals surface area contributed by atoms with Gasteiger partial charge in [0, 0.05) is 44.8 Å². The van der Waals surface area contributed by atoms with Crippen molar-refractivity contribution in [1.82, 2.24) is 25.7 Å². The quantitative estimate of drug-likeness (QED) is 0.316. The van der Waals surface area contributed by atoms with Gasteiger partial charge in [0.15, 0.2) is 15.8 Å². The Morgan fingerprint density at radius 1 is 1.33 bits per heavy atom. The van der Waals surface area contributed by atoms with Gasteiger partial charge in [-0.05, 0) is 32.8 Å². The highest BCUT2D eigenvalue weighted by atomic mass is 32.2. The molecule has 9 nitrogen and oxygen atoms in total. The number of carbonyl (C=O) groups is 1. The summed E-state index contributed by atoms with van der Waals surface area (Å²) in [6.45, 7) is 6.03. The van der Waals surface area contributed by atoms with E-state index in [1.807, 2.05) is 18.5 Å². The fourth-order valence-electron chi connectivity index (χ4n) is 3.06. The van der Waals surface area contributed by atoms with Crippen molar-refractivity contribution in [1.29, 1.82) is 0 Å². The van der Waals surface area contributed by atoms with Crippen LogP contribution in [0.5, 0.6) is 0 Å². The summed E-state index contributed by atoms with van der Waals surface area (Å²) in [5.74, 6) is 0.693. The predicted molar refractivity (Wildman–Crippen MR) is 106 cm³/mol. The minimum atomic E-state index is -2.98. The summed E-state index contributed by atoms with van der Waals surface area (Å²) in [7, 11) is -1.30. The summed E-state index contributed by atoms with van der Waals surface area (Å²) in [5.41, 5.74) is 2.17. The zero-order chi connectivity index (χ0) is 19.9. The van der Waals surface area contributed by atoms with Crippen LogP contribution in [0.15, 0.2) is 11.1 Å². The Morgan fingerprint density at radius 2 is 2.07 bits per heavy atom. The number of sulfone groups is 1. The highest BCUT2D eigenvalue weighted by Crippen LogP contribution is 2.11. The largest absolute Gasteiger partial charge is 0.356 e. The van der Waals surface area contributed by atoms with Crippen LogP contribution >= 0.6 is 0 Å². The predicted octanol–water partition coefficient (Wildman–Crippen LogP) is -0.252. The highest BCUT2D eigenvalue weighted by Gasteiger charge is 2.28. The van der Waals surface area contributed by atoms with E-state index < -0.39 is 9.84 Å². The van der Waals surface area contributed by atoms with E-state index in [4.69, 9.17) is 0 Å². The Morgan fingerprint density at radius 3 is 2.67 bits per heavy atom. The summed E-state index contributed by atoms with van der Waals surface area (Å²) in [6.07, 6.45) is 1.67. The first-order valence-corrected chi connectivity index (χ1v) is 11.1. The third-order valence-corrected chi connectivity index (χ3v) is 6.18. The first kappa shape index (κ1) is 21.2. The van der Waals surface area contributed by atoms with E-state index in [1.165, 1.54) is 0 Å². The van der Waals surface area contributed by atoms with Crippen LogP contribution in [0, 0.1) is 13.8 Å². The Kier molecular flexibility index (Phi) is 7.64. The molecule has 1 aliphatic rings. The number of hydrogen-bond donors (Lipinski definition) is 3. The van der Waals surface area contributed by atoms with Crippen LogP contribution < -0.4 is 16.0 Å². The van der Waals surface area contributed by atoms with E-state index in [0.29, 0.717) is 18.9 Å². The molecule has 2 heterocycles. The summed E-state index contributed by atoms with van der Waals surface area (Å²) in [4.78, 5) is 16.0. The van der Waals surface area contributed by atoms with Gasteiger partial charge in [0.05, 0.1) is 17.2 Å². The average molecular weight is 399 g/mol. The molecule has 10 heteroatoms. The third-order valence-electron chi connectivity index (χ3n) is 4.41. The first-order valence-electron chi connectivity index (χ1n) is 9.24. The lowest BCUT2D eigenvalue weighted by molar-refractivity contribution is -0.121. The number of aliphatic imine (C=N–C) groups is 1. The fourth-order valence-corrected chi connectivity index (χ4v) is 4.73. The van der Waals surface area contributed by atoms with E-state index >= 15 is 0 Å². The maximum atomic E-state index is 11.9. The summed E-state index contributed by atoms with van der Waals surface area (Å²) in [6, 6.07) is 1.80. The van der Waals surface area contributed by atoms with Crippen molar-refractivity contribution in [2.75, 3.05) is 31.6 Å². The smallest absolute Gasteiger partial charge is 0.222 e. The van der Waals surface area contributed by atoms with Crippen LogP contribution in [0.2, 0.25) is 0 Å². The van der Waals surface area contributed by atoms with Crippen LogP contribution in [0.25, 0.3) is 0 Å². The third kappa shape index (κ3) is 7.20. The fraction of sp³-hybridized carbons (Fsp3) is 0.706. The van der Waals surface area contributed by atoms with Crippen LogP contribution in [-0.2, 0) is 21.2 Å². The number of hydrogen-bond acceptors (Lipinski definition) is 5. The van der Waals surface area contributed by atoms with Crippen molar-refractivity contribution in [3.63, 3.8) is 0 Å². The van der Waals surface area contributed by atoms with E-state index in [9.17, 15) is 13.2 Å². The molecule has 1 atom stereocenters. The normalized spacial score (nSPS) is 19.1. The van der Waals surface area contributed by atoms with Crippen molar-refractivity contribution in [3.8, 4) is 0 Å². The Balaban J connectivity index is 1.59. The van der Waals surface area contributed by atoms with Crippen molar-refractivity contribution >= 4 is 21.7 Å². The molecule has 3 N–H and O–H groups in total. The molecular weight excluding hydrogens is 368 g/mol. The molecule has 0 aliphatic carbocycles. The van der Waals surface area contributed by atoms with Crippen LogP contribution in [0.4, 0.5) is 0 Å². The second-order valence-electron chi connectivity index (χ2n) is 6.85. The van der Waals surface area contributed by atoms with Crippen molar-refractivity contribution in [3.05, 3.63) is 17.5 Å². The van der Waals surface area contributed by atoms with Gasteiger partial charge in [-0.2, -0.15) is 5.10 Å². The number of aromatic nitrogens is 2. The molecule has 1 saturated heterocycles. The average Bonchev–Trinajstić information content (AvgIpc) is 3.10. The number of rotatable bonds is 8. The summed E-state index contributed by atoms with van der Waals surface area (Å²) >= 11 is 0. The highest BCUT2D eigenvalue weighted by molar-refractivity contribution is 7.91. The van der Waals surface area contributed by atoms with Gasteiger partial charge >= 0.3 is 0 Å². The zero-order valence-electron chi connectivity index (χ0n) is 16.3. The van der Waals surface area contributed by atoms with E-state index in [0.717, 1.165) is 30.9 Å². The molecule has 1 fully saturated rings. The van der Waals surface area contributed by atoms with Gasteiger partial charge in [-0.15, -0.1) is 0 Å². The molecule has 1 aromatic heterocycles. The molecule has 0 aromatic carbocycles. The molecule has 1 aliphatic heterocycles. The topological polar surface area (TPSA) is 117 Å². The molecule has 1 amide bonds. The first-order chi connectivity index (χ1) is 12.8. The maximum Gasteiger partial charge on any atom is 0.222 e. The number of nitrogens with one attached hydrogen (secondary N) is 3. The second kappa shape index (κ2) is 9.72. The lowest BCUT2D eigenvalue weighted by atomic mass is 10.2. The number of nitrogens with zero attached hydrogens (tertiary/aromatic N) is 3. The molecule has 0 radical (unpaired) electrons. The standard InChI is InChI=1S/C17H30N6O3S/c1-13-11-14(2)23(22-13)9-4-7-19-17(18-3)20-8-5-16(24)21-15-6-10-27(25,26)12-15/h11,15H,4-10,12H2,1-3H3,(H,21,24)(H2,18,19,20). The van der Waals surface area contributed by atoms with Gasteiger partial charge in [-0.25, -0.2) is 8.42 Å². The molecule has 0 bridgehead atoms. The Hall–Kier alpha value is -2.10. The van der Waals surface area contributed by atoms with Crippen molar-refractivity contribution < 1.29 is 13.2 Å². The Bertz CT molecular complexity index is 772. The van der Waals surface area contributed by atoms with Gasteiger partial charge in [0.1, 0.15) is 0 Å². The molecule has 0 spiro atoms. The second-order valence-corrected chi connectivity index (χ2v) is 9.08. The number of aryl methyl sites for hydroxylation is 3. The van der Waals surface area contributed by atoms with Crippen LogP contribution in [0.3, 0.4) is 0 Å². The monoisotopic (exact) mass is 398 g/mol. The minimum Gasteiger partial charge on any atom is -0.356 e. The minimum absolute atomic E-state index is 0.0463. The van der Waals surface area contributed by atoms with E-state index in [1.54, 1.807) is 7.05 Å². The molecule has 27 heavy (non-hydrogen) atoms. The van der Waals surface area contributed by atoms with Crippen molar-refractivity contribution in [2.24, 2.45) is 4.99 Å². The molecule has 1 aromatic rings. The van der Waals surface area contributed by atoms with Gasteiger partial charge in [-0.1, -0.05) is 0 Å². The number of guanidine groups is 1. The van der Waals surface area contributed by atoms with Crippen LogP contribution in [0.1, 0.15) is 30.7 Å². The van der Waals surface area contributed by atoms with Gasteiger partial charge in [0.2, 0.25) is 5.91 Å². The lowest BCUT2D eigenvalue weighted by Gasteiger charge is -2.13. The summed E-state index contributed by atoms with van der Waals surface area (Å²) in [5, 5.41) is 13.5. The lowest BCUT2D eigenvalue weighted by Crippen LogP contribution is -2.41. The van der Waals surface area contributed by atoms with E-state index in [2.05, 4.69) is 32.1 Å². The number of amides is 1. The van der Waals surface area contributed by atoms with Gasteiger partial charge in [0.25, 0.3) is 0 Å². The molecule has 1 unspecified atom stereocenters. The number of carbonyl (C=O) groups excluding carboxylic acids is 1. The SMILES string of the molecule is CN=C(NCCCn1nc(C)cc1C)NCCC(=O)NC1CCS(=O)(=O)C1. The zero-order valence-corrected chi connectivity index (χ0v) is 17.1. The summed E-state index contributed by atoms with van der Waals surface area (Å²) < 4.78 is 24.8. The van der Waals surface area contributed by atoms with E-state index in [-0.39, 0.29) is 29.9 Å². The van der Waals surface area contributed by atoms with Gasteiger partial charge in [-0.3, -0.25) is 14.5 Å². The molecule has 2 rings (SSSR count).